The lowest BCUT2D eigenvalue weighted by molar-refractivity contribution is -0.135. The molecular weight excluding hydrogens is 266 g/mol. The summed E-state index contributed by atoms with van der Waals surface area (Å²) in [5.74, 6) is -0.362. The van der Waals surface area contributed by atoms with Crippen LogP contribution in [0, 0.1) is 11.3 Å². The topological polar surface area (TPSA) is 81.5 Å². The summed E-state index contributed by atoms with van der Waals surface area (Å²) in [6.45, 7) is 6.82. The van der Waals surface area contributed by atoms with Crippen LogP contribution in [0.2, 0.25) is 0 Å². The number of sulfone groups is 1. The Hall–Kier alpha value is -1.13. The van der Waals surface area contributed by atoms with Gasteiger partial charge < -0.3 is 4.90 Å². The van der Waals surface area contributed by atoms with Gasteiger partial charge in [-0.1, -0.05) is 0 Å². The van der Waals surface area contributed by atoms with Crippen molar-refractivity contribution >= 4 is 15.7 Å². The van der Waals surface area contributed by atoms with Crippen LogP contribution in [-0.2, 0) is 14.6 Å². The molecule has 1 unspecified atom stereocenters. The zero-order valence-electron chi connectivity index (χ0n) is 11.9. The molecule has 7 heteroatoms. The Morgan fingerprint density at radius 2 is 1.74 bits per heavy atom. The highest BCUT2D eigenvalue weighted by Crippen LogP contribution is 2.20. The molecule has 1 fully saturated rings. The summed E-state index contributed by atoms with van der Waals surface area (Å²) in [5.41, 5.74) is 0. The van der Waals surface area contributed by atoms with Crippen molar-refractivity contribution in [2.45, 2.75) is 31.6 Å². The Kier molecular flexibility index (Phi) is 4.59. The van der Waals surface area contributed by atoms with Gasteiger partial charge in [0.2, 0.25) is 5.91 Å². The molecule has 0 N–H and O–H groups in total. The normalized spacial score (nSPS) is 19.8. The third kappa shape index (κ3) is 3.25. The molecule has 6 nitrogen and oxygen atoms in total. The van der Waals surface area contributed by atoms with E-state index in [-0.39, 0.29) is 11.9 Å². The van der Waals surface area contributed by atoms with Crippen molar-refractivity contribution in [2.75, 3.05) is 32.4 Å². The van der Waals surface area contributed by atoms with Crippen molar-refractivity contribution in [2.24, 2.45) is 0 Å². The van der Waals surface area contributed by atoms with Crippen molar-refractivity contribution < 1.29 is 13.2 Å². The standard InChI is InChI=1S/C12H21N3O3S/c1-10(9-13)14-5-7-15(8-6-14)11(16)12(2,3)19(4,17)18/h10H,5-8H2,1-4H3. The van der Waals surface area contributed by atoms with E-state index in [1.54, 1.807) is 4.90 Å². The Labute approximate surface area is 114 Å². The first-order valence-corrected chi connectivity index (χ1v) is 8.13. The molecule has 1 aliphatic rings. The van der Waals surface area contributed by atoms with Gasteiger partial charge in [0.05, 0.1) is 12.1 Å². The molecule has 1 atom stereocenters. The first-order valence-electron chi connectivity index (χ1n) is 6.24. The summed E-state index contributed by atoms with van der Waals surface area (Å²) in [6, 6.07) is 1.98. The highest BCUT2D eigenvalue weighted by Gasteiger charge is 2.42. The summed E-state index contributed by atoms with van der Waals surface area (Å²) in [6.07, 6.45) is 1.08. The molecule has 1 rings (SSSR count). The minimum atomic E-state index is -3.44. The Balaban J connectivity index is 2.72. The zero-order valence-corrected chi connectivity index (χ0v) is 12.7. The van der Waals surface area contributed by atoms with E-state index < -0.39 is 14.6 Å². The van der Waals surface area contributed by atoms with E-state index in [2.05, 4.69) is 6.07 Å². The smallest absolute Gasteiger partial charge is 0.243 e. The molecule has 108 valence electrons. The highest BCUT2D eigenvalue weighted by molar-refractivity contribution is 7.92. The van der Waals surface area contributed by atoms with Gasteiger partial charge in [0, 0.05) is 32.4 Å². The second-order valence-electron chi connectivity index (χ2n) is 5.42. The number of amides is 1. The molecule has 1 aliphatic heterocycles. The maximum Gasteiger partial charge on any atom is 0.243 e. The molecule has 0 spiro atoms. The van der Waals surface area contributed by atoms with Crippen molar-refractivity contribution in [3.05, 3.63) is 0 Å². The van der Waals surface area contributed by atoms with Crippen LogP contribution in [0.5, 0.6) is 0 Å². The molecule has 19 heavy (non-hydrogen) atoms. The van der Waals surface area contributed by atoms with E-state index in [0.29, 0.717) is 26.2 Å². The number of carbonyl (C=O) groups excluding carboxylic acids is 1. The monoisotopic (exact) mass is 287 g/mol. The van der Waals surface area contributed by atoms with Crippen LogP contribution in [0.25, 0.3) is 0 Å². The lowest BCUT2D eigenvalue weighted by atomic mass is 10.1. The number of carbonyl (C=O) groups is 1. The fraction of sp³-hybridized carbons (Fsp3) is 0.833. The molecule has 1 heterocycles. The van der Waals surface area contributed by atoms with Gasteiger partial charge in [-0.15, -0.1) is 0 Å². The van der Waals surface area contributed by atoms with Gasteiger partial charge >= 0.3 is 0 Å². The lowest BCUT2D eigenvalue weighted by Gasteiger charge is -2.38. The minimum absolute atomic E-state index is 0.180. The zero-order chi connectivity index (χ0) is 14.8. The lowest BCUT2D eigenvalue weighted by Crippen LogP contribution is -2.57. The van der Waals surface area contributed by atoms with E-state index in [0.717, 1.165) is 6.26 Å². The molecule has 0 aromatic heterocycles. The van der Waals surface area contributed by atoms with Crippen molar-refractivity contribution in [1.29, 1.82) is 5.26 Å². The molecule has 1 amide bonds. The van der Waals surface area contributed by atoms with Gasteiger partial charge in [0.25, 0.3) is 0 Å². The average molecular weight is 287 g/mol. The average Bonchev–Trinajstić information content (AvgIpc) is 2.35. The van der Waals surface area contributed by atoms with Gasteiger partial charge in [-0.05, 0) is 20.8 Å². The Morgan fingerprint density at radius 1 is 1.26 bits per heavy atom. The number of hydrogen-bond acceptors (Lipinski definition) is 5. The van der Waals surface area contributed by atoms with E-state index in [1.807, 2.05) is 11.8 Å². The van der Waals surface area contributed by atoms with Crippen LogP contribution >= 0.6 is 0 Å². The fourth-order valence-corrected chi connectivity index (χ4v) is 2.38. The highest BCUT2D eigenvalue weighted by atomic mass is 32.2. The van der Waals surface area contributed by atoms with Crippen LogP contribution in [0.15, 0.2) is 0 Å². The molecule has 0 aromatic carbocycles. The fourth-order valence-electron chi connectivity index (χ4n) is 1.93. The summed E-state index contributed by atoms with van der Waals surface area (Å²) in [4.78, 5) is 15.8. The Bertz CT molecular complexity index is 485. The van der Waals surface area contributed by atoms with Crippen LogP contribution < -0.4 is 0 Å². The third-order valence-corrected chi connectivity index (χ3v) is 5.81. The molecule has 0 aromatic rings. The summed E-state index contributed by atoms with van der Waals surface area (Å²) < 4.78 is 21.9. The number of rotatable bonds is 3. The maximum absolute atomic E-state index is 12.3. The van der Waals surface area contributed by atoms with Crippen molar-refractivity contribution in [3.8, 4) is 6.07 Å². The first kappa shape index (κ1) is 15.9. The molecule has 0 radical (unpaired) electrons. The minimum Gasteiger partial charge on any atom is -0.339 e. The number of piperazine rings is 1. The Morgan fingerprint density at radius 3 is 2.11 bits per heavy atom. The first-order chi connectivity index (χ1) is 8.61. The van der Waals surface area contributed by atoms with Crippen LogP contribution in [0.4, 0.5) is 0 Å². The van der Waals surface area contributed by atoms with Crippen molar-refractivity contribution in [1.82, 2.24) is 9.80 Å². The predicted octanol–water partition coefficient (Wildman–Crippen LogP) is -0.134. The second kappa shape index (κ2) is 5.47. The van der Waals surface area contributed by atoms with Gasteiger partial charge in [-0.2, -0.15) is 5.26 Å². The van der Waals surface area contributed by atoms with E-state index in [1.165, 1.54) is 13.8 Å². The molecular formula is C12H21N3O3S. The van der Waals surface area contributed by atoms with Gasteiger partial charge in [0.15, 0.2) is 9.84 Å². The second-order valence-corrected chi connectivity index (χ2v) is 7.98. The van der Waals surface area contributed by atoms with E-state index >= 15 is 0 Å². The van der Waals surface area contributed by atoms with Crippen LogP contribution in [0.1, 0.15) is 20.8 Å². The number of nitriles is 1. The van der Waals surface area contributed by atoms with Crippen molar-refractivity contribution in [3.63, 3.8) is 0 Å². The number of nitrogens with zero attached hydrogens (tertiary/aromatic N) is 3. The van der Waals surface area contributed by atoms with Gasteiger partial charge in [-0.3, -0.25) is 9.69 Å². The SMILES string of the molecule is CC(C#N)N1CCN(C(=O)C(C)(C)S(C)(=O)=O)CC1. The molecule has 0 aliphatic carbocycles. The number of hydrogen-bond donors (Lipinski definition) is 0. The summed E-state index contributed by atoms with van der Waals surface area (Å²) in [7, 11) is -3.44. The summed E-state index contributed by atoms with van der Waals surface area (Å²) in [5, 5.41) is 8.85. The quantitative estimate of drug-likeness (QED) is 0.722. The largest absolute Gasteiger partial charge is 0.339 e. The molecule has 1 saturated heterocycles. The van der Waals surface area contributed by atoms with Crippen LogP contribution in [0.3, 0.4) is 0 Å². The molecule has 0 bridgehead atoms. The van der Waals surface area contributed by atoms with Gasteiger partial charge in [0.1, 0.15) is 4.75 Å². The molecule has 0 saturated carbocycles. The van der Waals surface area contributed by atoms with E-state index in [9.17, 15) is 13.2 Å². The predicted molar refractivity (Wildman–Crippen MR) is 72.2 cm³/mol. The maximum atomic E-state index is 12.3. The van der Waals surface area contributed by atoms with Gasteiger partial charge in [-0.25, -0.2) is 8.42 Å². The van der Waals surface area contributed by atoms with Crippen LogP contribution in [-0.4, -0.2) is 67.3 Å². The van der Waals surface area contributed by atoms with E-state index in [4.69, 9.17) is 5.26 Å². The summed E-state index contributed by atoms with van der Waals surface area (Å²) >= 11 is 0. The third-order valence-electron chi connectivity index (χ3n) is 3.78.